The number of carbonyl (C=O) groups is 2. The normalized spacial score (nSPS) is 14.4. The topological polar surface area (TPSA) is 105 Å². The maximum atomic E-state index is 14.2. The smallest absolute Gasteiger partial charge is 0.264 e. The Labute approximate surface area is 265 Å². The molecule has 1 atom stereocenters. The summed E-state index contributed by atoms with van der Waals surface area (Å²) in [5.41, 5.74) is 1.01. The maximum Gasteiger partial charge on any atom is 0.264 e. The van der Waals surface area contributed by atoms with E-state index >= 15 is 0 Å². The van der Waals surface area contributed by atoms with Gasteiger partial charge in [0.15, 0.2) is 0 Å². The lowest BCUT2D eigenvalue weighted by molar-refractivity contribution is -0.139. The van der Waals surface area contributed by atoms with Crippen LogP contribution in [0.1, 0.15) is 51.5 Å². The third-order valence-corrected chi connectivity index (χ3v) is 9.76. The van der Waals surface area contributed by atoms with Gasteiger partial charge in [-0.05, 0) is 92.9 Å². The quantitative estimate of drug-likeness (QED) is 0.253. The van der Waals surface area contributed by atoms with E-state index in [-0.39, 0.29) is 29.1 Å². The lowest BCUT2D eigenvalue weighted by atomic mass is 9.95. The fourth-order valence-corrected chi connectivity index (χ4v) is 6.80. The minimum atomic E-state index is -4.21. The van der Waals surface area contributed by atoms with Crippen molar-refractivity contribution in [2.45, 2.75) is 69.5 Å². The molecule has 3 aromatic carbocycles. The van der Waals surface area contributed by atoms with E-state index in [4.69, 9.17) is 21.1 Å². The number of rotatable bonds is 13. The highest BCUT2D eigenvalue weighted by Gasteiger charge is 2.33. The number of nitrogens with one attached hydrogen (secondary N) is 1. The number of benzene rings is 3. The van der Waals surface area contributed by atoms with Crippen LogP contribution in [0, 0.1) is 0 Å². The number of hydrogen-bond acceptors (Lipinski definition) is 6. The summed E-state index contributed by atoms with van der Waals surface area (Å²) in [6.07, 6.45) is 5.03. The van der Waals surface area contributed by atoms with Crippen LogP contribution in [0.5, 0.6) is 11.5 Å². The first kappa shape index (κ1) is 33.1. The fourth-order valence-electron chi connectivity index (χ4n) is 5.26. The maximum absolute atomic E-state index is 14.2. The van der Waals surface area contributed by atoms with Crippen molar-refractivity contribution in [2.75, 3.05) is 24.6 Å². The van der Waals surface area contributed by atoms with Gasteiger partial charge in [0.2, 0.25) is 11.8 Å². The molecule has 0 aliphatic heterocycles. The zero-order valence-corrected chi connectivity index (χ0v) is 26.9. The minimum absolute atomic E-state index is 0.0222. The molecule has 4 rings (SSSR count). The van der Waals surface area contributed by atoms with Gasteiger partial charge in [0, 0.05) is 17.6 Å². The molecule has 0 spiro atoms. The zero-order chi connectivity index (χ0) is 31.7. The minimum Gasteiger partial charge on any atom is -0.497 e. The Morgan fingerprint density at radius 2 is 1.66 bits per heavy atom. The van der Waals surface area contributed by atoms with Gasteiger partial charge in [-0.25, -0.2) is 8.42 Å². The van der Waals surface area contributed by atoms with Gasteiger partial charge in [0.05, 0.1) is 24.3 Å². The third-order valence-electron chi connectivity index (χ3n) is 7.72. The molecule has 1 aliphatic carbocycles. The summed E-state index contributed by atoms with van der Waals surface area (Å²) in [6.45, 7) is 3.51. The van der Waals surface area contributed by atoms with Crippen molar-refractivity contribution < 1.29 is 27.5 Å². The first-order chi connectivity index (χ1) is 21.1. The number of nitrogens with zero attached hydrogens (tertiary/aromatic N) is 2. The van der Waals surface area contributed by atoms with E-state index in [1.807, 2.05) is 13.0 Å². The van der Waals surface area contributed by atoms with Crippen molar-refractivity contribution >= 4 is 39.1 Å². The predicted molar refractivity (Wildman–Crippen MR) is 172 cm³/mol. The molecule has 0 saturated heterocycles. The van der Waals surface area contributed by atoms with E-state index in [0.717, 1.165) is 42.0 Å². The van der Waals surface area contributed by atoms with Crippen molar-refractivity contribution in [3.63, 3.8) is 0 Å². The van der Waals surface area contributed by atoms with E-state index in [9.17, 15) is 18.0 Å². The average molecular weight is 642 g/mol. The highest BCUT2D eigenvalue weighted by molar-refractivity contribution is 7.92. The Hall–Kier alpha value is -3.76. The Bertz CT molecular complexity index is 1510. The highest BCUT2D eigenvalue weighted by Crippen LogP contribution is 2.28. The zero-order valence-electron chi connectivity index (χ0n) is 25.4. The molecule has 1 saturated carbocycles. The highest BCUT2D eigenvalue weighted by atomic mass is 35.5. The molecule has 1 fully saturated rings. The van der Waals surface area contributed by atoms with Gasteiger partial charge in [-0.2, -0.15) is 0 Å². The molecule has 1 N–H and O–H groups in total. The van der Waals surface area contributed by atoms with Crippen LogP contribution in [-0.2, 0) is 26.2 Å². The monoisotopic (exact) mass is 641 g/mol. The summed E-state index contributed by atoms with van der Waals surface area (Å²) in [6, 6.07) is 18.7. The summed E-state index contributed by atoms with van der Waals surface area (Å²) in [5.74, 6) is 0.362. The van der Waals surface area contributed by atoms with Crippen LogP contribution in [0.3, 0.4) is 0 Å². The second-order valence-electron chi connectivity index (χ2n) is 10.8. The molecule has 0 heterocycles. The van der Waals surface area contributed by atoms with Crippen molar-refractivity contribution in [3.8, 4) is 11.5 Å². The summed E-state index contributed by atoms with van der Waals surface area (Å²) >= 11 is 6.03. The number of anilines is 1. The Morgan fingerprint density at radius 1 is 0.977 bits per heavy atom. The first-order valence-corrected chi connectivity index (χ1v) is 16.7. The van der Waals surface area contributed by atoms with Crippen LogP contribution < -0.4 is 19.1 Å². The molecule has 0 aromatic heterocycles. The lowest BCUT2D eigenvalue weighted by Crippen LogP contribution is -2.53. The van der Waals surface area contributed by atoms with Gasteiger partial charge in [0.25, 0.3) is 10.0 Å². The number of carbonyl (C=O) groups excluding carboxylic acids is 2. The molecule has 9 nitrogen and oxygen atoms in total. The second kappa shape index (κ2) is 15.3. The molecule has 236 valence electrons. The number of hydrogen-bond donors (Lipinski definition) is 1. The summed E-state index contributed by atoms with van der Waals surface area (Å²) in [7, 11) is -2.66. The van der Waals surface area contributed by atoms with Crippen LogP contribution in [0.25, 0.3) is 0 Å². The van der Waals surface area contributed by atoms with Crippen LogP contribution in [-0.4, -0.2) is 57.5 Å². The van der Waals surface area contributed by atoms with Gasteiger partial charge in [0.1, 0.15) is 24.1 Å². The number of halogens is 1. The van der Waals surface area contributed by atoms with Crippen LogP contribution >= 0.6 is 11.6 Å². The summed E-state index contributed by atoms with van der Waals surface area (Å²) in [4.78, 5) is 29.1. The Morgan fingerprint density at radius 3 is 2.30 bits per heavy atom. The van der Waals surface area contributed by atoms with Gasteiger partial charge in [-0.3, -0.25) is 13.9 Å². The van der Waals surface area contributed by atoms with Gasteiger partial charge in [-0.15, -0.1) is 0 Å². The molecule has 0 radical (unpaired) electrons. The largest absolute Gasteiger partial charge is 0.497 e. The van der Waals surface area contributed by atoms with Crippen molar-refractivity contribution in [2.24, 2.45) is 0 Å². The third kappa shape index (κ3) is 8.45. The van der Waals surface area contributed by atoms with Gasteiger partial charge in [-0.1, -0.05) is 43.0 Å². The van der Waals surface area contributed by atoms with Crippen LogP contribution in [0.2, 0.25) is 5.02 Å². The van der Waals surface area contributed by atoms with E-state index in [1.54, 1.807) is 56.5 Å². The number of methoxy groups -OCH3 is 1. The van der Waals surface area contributed by atoms with Gasteiger partial charge >= 0.3 is 0 Å². The van der Waals surface area contributed by atoms with Crippen molar-refractivity contribution in [3.05, 3.63) is 83.4 Å². The Kier molecular flexibility index (Phi) is 11.5. The molecule has 0 bridgehead atoms. The number of ether oxygens (including phenoxy) is 2. The standard InChI is InChI=1S/C33H40ClN3O6S/c1-4-43-29-17-15-28(16-18-29)37(44(40,41)31-19-13-26(34)14-20-31)23-32(38)36(22-25-9-8-12-30(21-25)42-3)24(2)33(39)35-27-10-6-5-7-11-27/h8-9,12-21,24,27H,4-7,10-11,22-23H2,1-3H3,(H,35,39). The number of sulfonamides is 1. The SMILES string of the molecule is CCOc1ccc(N(CC(=O)N(Cc2cccc(OC)c2)C(C)C(=O)NC2CCCCC2)S(=O)(=O)c2ccc(Cl)cc2)cc1. The van der Waals surface area contributed by atoms with E-state index < -0.39 is 28.5 Å². The van der Waals surface area contributed by atoms with Crippen molar-refractivity contribution in [1.29, 1.82) is 0 Å². The molecular formula is C33H40ClN3O6S. The molecule has 2 amide bonds. The first-order valence-electron chi connectivity index (χ1n) is 14.9. The molecule has 3 aromatic rings. The molecule has 11 heteroatoms. The van der Waals surface area contributed by atoms with Crippen molar-refractivity contribution in [1.82, 2.24) is 10.2 Å². The summed E-state index contributed by atoms with van der Waals surface area (Å²) < 4.78 is 40.0. The van der Waals surface area contributed by atoms with E-state index in [2.05, 4.69) is 5.32 Å². The van der Waals surface area contributed by atoms with Crippen LogP contribution in [0.15, 0.2) is 77.7 Å². The molecule has 1 aliphatic rings. The summed E-state index contributed by atoms with van der Waals surface area (Å²) in [5, 5.41) is 3.50. The molecular weight excluding hydrogens is 602 g/mol. The van der Waals surface area contributed by atoms with E-state index in [1.165, 1.54) is 29.2 Å². The molecule has 1 unspecified atom stereocenters. The number of amides is 2. The molecule has 44 heavy (non-hydrogen) atoms. The predicted octanol–water partition coefficient (Wildman–Crippen LogP) is 5.81. The fraction of sp³-hybridized carbons (Fsp3) is 0.394. The van der Waals surface area contributed by atoms with Gasteiger partial charge < -0.3 is 19.7 Å². The average Bonchev–Trinajstić information content (AvgIpc) is 3.03. The Balaban J connectivity index is 1.69. The van der Waals surface area contributed by atoms with E-state index in [0.29, 0.717) is 23.1 Å². The lowest BCUT2D eigenvalue weighted by Gasteiger charge is -2.33. The second-order valence-corrected chi connectivity index (χ2v) is 13.1. The van der Waals surface area contributed by atoms with Crippen LogP contribution in [0.4, 0.5) is 5.69 Å².